The first-order valence-electron chi connectivity index (χ1n) is 4.67. The zero-order valence-corrected chi connectivity index (χ0v) is 10.1. The molecule has 1 atom stereocenters. The maximum atomic E-state index is 5.97. The second kappa shape index (κ2) is 3.68. The maximum absolute atomic E-state index is 5.97. The molecule has 1 saturated heterocycles. The molecule has 0 N–H and O–H groups in total. The van der Waals surface area contributed by atoms with Gasteiger partial charge in [0.2, 0.25) is 0 Å². The lowest BCUT2D eigenvalue weighted by Crippen LogP contribution is -2.39. The predicted molar refractivity (Wildman–Crippen MR) is 56.8 cm³/mol. The van der Waals surface area contributed by atoms with Gasteiger partial charge in [-0.25, -0.2) is 0 Å². The van der Waals surface area contributed by atoms with Gasteiger partial charge in [-0.1, -0.05) is 19.6 Å². The third-order valence-corrected chi connectivity index (χ3v) is 4.47. The van der Waals surface area contributed by atoms with Crippen LogP contribution in [0.15, 0.2) is 0 Å². The average Bonchev–Trinajstić information content (AvgIpc) is 2.34. The van der Waals surface area contributed by atoms with Crippen molar-refractivity contribution in [3.63, 3.8) is 0 Å². The van der Waals surface area contributed by atoms with Crippen molar-refractivity contribution in [1.82, 2.24) is 0 Å². The summed E-state index contributed by atoms with van der Waals surface area (Å²) in [5.74, 6) is 0.678. The van der Waals surface area contributed by atoms with Crippen LogP contribution >= 0.6 is 11.6 Å². The zero-order chi connectivity index (χ0) is 9.24. The van der Waals surface area contributed by atoms with Gasteiger partial charge in [0.15, 0.2) is 0 Å². The van der Waals surface area contributed by atoms with Crippen LogP contribution in [-0.2, 0) is 4.74 Å². The van der Waals surface area contributed by atoms with E-state index in [1.165, 1.54) is 18.9 Å². The first-order chi connectivity index (χ1) is 5.47. The van der Waals surface area contributed by atoms with Gasteiger partial charge >= 0.3 is 0 Å². The van der Waals surface area contributed by atoms with Crippen LogP contribution in [0.5, 0.6) is 0 Å². The van der Waals surface area contributed by atoms with Crippen LogP contribution in [0.1, 0.15) is 12.8 Å². The molecule has 0 aromatic carbocycles. The van der Waals surface area contributed by atoms with E-state index in [1.807, 2.05) is 0 Å². The van der Waals surface area contributed by atoms with E-state index in [2.05, 4.69) is 19.6 Å². The molecular weight excluding hydrogens is 188 g/mol. The van der Waals surface area contributed by atoms with E-state index >= 15 is 0 Å². The minimum absolute atomic E-state index is 0.0476. The molecule has 1 aliphatic heterocycles. The first-order valence-corrected chi connectivity index (χ1v) is 8.92. The van der Waals surface area contributed by atoms with Crippen molar-refractivity contribution in [2.75, 3.05) is 12.5 Å². The summed E-state index contributed by atoms with van der Waals surface area (Å²) < 4.78 is 5.77. The van der Waals surface area contributed by atoms with Gasteiger partial charge in [0.1, 0.15) is 0 Å². The lowest BCUT2D eigenvalue weighted by atomic mass is 10.1. The minimum Gasteiger partial charge on any atom is -0.374 e. The van der Waals surface area contributed by atoms with Crippen molar-refractivity contribution >= 4 is 19.7 Å². The lowest BCUT2D eigenvalue weighted by Gasteiger charge is -2.31. The van der Waals surface area contributed by atoms with Gasteiger partial charge in [0, 0.05) is 14.7 Å². The average molecular weight is 207 g/mol. The van der Waals surface area contributed by atoms with Crippen LogP contribution in [0.4, 0.5) is 0 Å². The van der Waals surface area contributed by atoms with Crippen LogP contribution in [0.2, 0.25) is 25.7 Å². The second-order valence-electron chi connectivity index (χ2n) is 5.01. The van der Waals surface area contributed by atoms with E-state index in [1.54, 1.807) is 0 Å². The van der Waals surface area contributed by atoms with Gasteiger partial charge in [-0.05, 0) is 18.9 Å². The van der Waals surface area contributed by atoms with E-state index in [0.29, 0.717) is 5.88 Å². The molecule has 0 aliphatic carbocycles. The van der Waals surface area contributed by atoms with Gasteiger partial charge in [-0.2, -0.15) is 0 Å². The molecule has 1 rings (SSSR count). The van der Waals surface area contributed by atoms with Crippen LogP contribution in [-0.4, -0.2) is 26.2 Å². The fraction of sp³-hybridized carbons (Fsp3) is 1.00. The van der Waals surface area contributed by atoms with E-state index in [-0.39, 0.29) is 5.60 Å². The summed E-state index contributed by atoms with van der Waals surface area (Å²) in [5.41, 5.74) is 0.0476. The number of ether oxygens (including phenoxy) is 1. The van der Waals surface area contributed by atoms with Gasteiger partial charge < -0.3 is 4.74 Å². The Labute approximate surface area is 81.5 Å². The molecule has 72 valence electrons. The predicted octanol–water partition coefficient (Wildman–Crippen LogP) is 3.11. The molecule has 0 spiro atoms. The molecule has 1 heterocycles. The maximum Gasteiger partial charge on any atom is 0.0794 e. The summed E-state index contributed by atoms with van der Waals surface area (Å²) in [6, 6.07) is 1.21. The smallest absolute Gasteiger partial charge is 0.0794 e. The first kappa shape index (κ1) is 10.5. The summed E-state index contributed by atoms with van der Waals surface area (Å²) >= 11 is 5.97. The summed E-state index contributed by atoms with van der Waals surface area (Å²) in [7, 11) is -1.02. The highest BCUT2D eigenvalue weighted by molar-refractivity contribution is 6.76. The molecule has 0 aromatic rings. The van der Waals surface area contributed by atoms with E-state index in [9.17, 15) is 0 Å². The Balaban J connectivity index is 2.55. The zero-order valence-electron chi connectivity index (χ0n) is 8.32. The van der Waals surface area contributed by atoms with Crippen molar-refractivity contribution in [3.05, 3.63) is 0 Å². The lowest BCUT2D eigenvalue weighted by molar-refractivity contribution is 0.0385. The molecular formula is C9H19ClOSi. The Morgan fingerprint density at radius 2 is 2.08 bits per heavy atom. The largest absolute Gasteiger partial charge is 0.374 e. The van der Waals surface area contributed by atoms with Gasteiger partial charge in [-0.3, -0.25) is 0 Å². The molecule has 0 bridgehead atoms. The van der Waals surface area contributed by atoms with Crippen LogP contribution in [0.25, 0.3) is 0 Å². The summed E-state index contributed by atoms with van der Waals surface area (Å²) in [4.78, 5) is 0. The Hall–Kier alpha value is 0.467. The molecule has 0 amide bonds. The van der Waals surface area contributed by atoms with Crippen LogP contribution in [0, 0.1) is 0 Å². The molecule has 0 aromatic heterocycles. The fourth-order valence-electron chi connectivity index (χ4n) is 2.01. The standard InChI is InChI=1S/C9H19ClOSi/c1-12(2,3)8-9(7-10)5-4-6-11-9/h4-8H2,1-3H3. The third kappa shape index (κ3) is 2.75. The SMILES string of the molecule is C[Si](C)(C)CC1(CCl)CCCO1. The van der Waals surface area contributed by atoms with Crippen LogP contribution < -0.4 is 0 Å². The molecule has 1 aliphatic rings. The van der Waals surface area contributed by atoms with Gasteiger partial charge in [0.05, 0.1) is 11.5 Å². The number of hydrogen-bond acceptors (Lipinski definition) is 1. The number of rotatable bonds is 3. The Bertz CT molecular complexity index is 147. The highest BCUT2D eigenvalue weighted by atomic mass is 35.5. The summed E-state index contributed by atoms with van der Waals surface area (Å²) in [6.45, 7) is 8.05. The van der Waals surface area contributed by atoms with E-state index in [0.717, 1.165) is 6.61 Å². The molecule has 1 nitrogen and oxygen atoms in total. The number of halogens is 1. The fourth-order valence-corrected chi connectivity index (χ4v) is 4.81. The molecule has 1 fully saturated rings. The summed E-state index contributed by atoms with van der Waals surface area (Å²) in [6.07, 6.45) is 2.36. The van der Waals surface area contributed by atoms with Gasteiger partial charge in [0.25, 0.3) is 0 Å². The van der Waals surface area contributed by atoms with Crippen molar-refractivity contribution in [3.8, 4) is 0 Å². The topological polar surface area (TPSA) is 9.23 Å². The Kier molecular flexibility index (Phi) is 3.24. The van der Waals surface area contributed by atoms with Crippen molar-refractivity contribution in [1.29, 1.82) is 0 Å². The summed E-state index contributed by atoms with van der Waals surface area (Å²) in [5, 5.41) is 0. The van der Waals surface area contributed by atoms with E-state index in [4.69, 9.17) is 16.3 Å². The quantitative estimate of drug-likeness (QED) is 0.510. The Morgan fingerprint density at radius 3 is 2.42 bits per heavy atom. The highest BCUT2D eigenvalue weighted by Crippen LogP contribution is 2.34. The molecule has 0 saturated carbocycles. The van der Waals surface area contributed by atoms with Crippen molar-refractivity contribution in [2.24, 2.45) is 0 Å². The Morgan fingerprint density at radius 1 is 1.42 bits per heavy atom. The van der Waals surface area contributed by atoms with E-state index < -0.39 is 8.07 Å². The highest BCUT2D eigenvalue weighted by Gasteiger charge is 2.38. The number of alkyl halides is 1. The van der Waals surface area contributed by atoms with Gasteiger partial charge in [-0.15, -0.1) is 11.6 Å². The number of hydrogen-bond donors (Lipinski definition) is 0. The van der Waals surface area contributed by atoms with Crippen molar-refractivity contribution in [2.45, 2.75) is 44.1 Å². The molecule has 3 heteroatoms. The normalized spacial score (nSPS) is 31.0. The van der Waals surface area contributed by atoms with Crippen LogP contribution in [0.3, 0.4) is 0 Å². The molecule has 12 heavy (non-hydrogen) atoms. The second-order valence-corrected chi connectivity index (χ2v) is 10.7. The third-order valence-electron chi connectivity index (χ3n) is 2.28. The monoisotopic (exact) mass is 206 g/mol. The minimum atomic E-state index is -1.02. The van der Waals surface area contributed by atoms with Crippen molar-refractivity contribution < 1.29 is 4.74 Å². The molecule has 0 radical (unpaired) electrons. The molecule has 1 unspecified atom stereocenters.